The minimum atomic E-state index is -1.15. The highest BCUT2D eigenvalue weighted by Gasteiger charge is 2.47. The van der Waals surface area contributed by atoms with E-state index in [0.717, 1.165) is 16.5 Å². The fourth-order valence-electron chi connectivity index (χ4n) is 5.51. The van der Waals surface area contributed by atoms with Crippen molar-refractivity contribution >= 4 is 34.4 Å². The van der Waals surface area contributed by atoms with E-state index in [1.807, 2.05) is 55.5 Å². The topological polar surface area (TPSA) is 136 Å². The quantitative estimate of drug-likeness (QED) is 0.257. The molecule has 2 aromatic heterocycles. The van der Waals surface area contributed by atoms with Crippen LogP contribution in [0.4, 0.5) is 16.0 Å². The molecule has 3 aromatic carbocycles. The van der Waals surface area contributed by atoms with E-state index in [-0.39, 0.29) is 42.3 Å². The van der Waals surface area contributed by atoms with Crippen LogP contribution in [0.2, 0.25) is 0 Å². The Morgan fingerprint density at radius 3 is 2.51 bits per heavy atom. The van der Waals surface area contributed by atoms with Gasteiger partial charge in [-0.2, -0.15) is 5.10 Å². The molecule has 1 amide bonds. The van der Waals surface area contributed by atoms with Crippen molar-refractivity contribution in [3.05, 3.63) is 101 Å². The van der Waals surface area contributed by atoms with Gasteiger partial charge in [0.1, 0.15) is 28.6 Å². The smallest absolute Gasteiger partial charge is 0.303 e. The second kappa shape index (κ2) is 9.81. The lowest BCUT2D eigenvalue weighted by Gasteiger charge is -2.24. The normalized spacial score (nSPS) is 16.9. The predicted octanol–water partition coefficient (Wildman–Crippen LogP) is 5.10. The molecule has 1 aliphatic rings. The first-order chi connectivity index (χ1) is 19.7. The SMILES string of the molecule is CC(CC(=O)O)c1ccc([C@]2(C)C(=O)Nc3nc(-c4nn(Cc5ccccc5F)c5ccccc45)nc(N)c32)cc1. The number of para-hydroxylation sites is 1. The average molecular weight is 551 g/mol. The zero-order valence-electron chi connectivity index (χ0n) is 22.4. The number of hydrogen-bond donors (Lipinski definition) is 3. The zero-order valence-corrected chi connectivity index (χ0v) is 22.4. The molecule has 41 heavy (non-hydrogen) atoms. The summed E-state index contributed by atoms with van der Waals surface area (Å²) < 4.78 is 16.1. The van der Waals surface area contributed by atoms with Gasteiger partial charge in [-0.25, -0.2) is 14.4 Å². The highest BCUT2D eigenvalue weighted by Crippen LogP contribution is 2.45. The number of nitrogens with one attached hydrogen (secondary N) is 1. The zero-order chi connectivity index (χ0) is 28.9. The summed E-state index contributed by atoms with van der Waals surface area (Å²) in [6.45, 7) is 3.82. The fourth-order valence-corrected chi connectivity index (χ4v) is 5.51. The van der Waals surface area contributed by atoms with Gasteiger partial charge in [0.15, 0.2) is 5.82 Å². The van der Waals surface area contributed by atoms with E-state index >= 15 is 0 Å². The van der Waals surface area contributed by atoms with Gasteiger partial charge in [-0.3, -0.25) is 14.3 Å². The van der Waals surface area contributed by atoms with Crippen LogP contribution in [0.25, 0.3) is 22.4 Å². The van der Waals surface area contributed by atoms with E-state index < -0.39 is 11.4 Å². The van der Waals surface area contributed by atoms with Gasteiger partial charge in [0, 0.05) is 10.9 Å². The van der Waals surface area contributed by atoms with Gasteiger partial charge in [0.05, 0.1) is 24.0 Å². The first kappa shape index (κ1) is 26.1. The van der Waals surface area contributed by atoms with Crippen LogP contribution in [0.1, 0.15) is 48.4 Å². The minimum absolute atomic E-state index is 0.00817. The van der Waals surface area contributed by atoms with Crippen molar-refractivity contribution < 1.29 is 19.1 Å². The van der Waals surface area contributed by atoms with E-state index in [2.05, 4.69) is 15.3 Å². The highest BCUT2D eigenvalue weighted by molar-refractivity contribution is 6.09. The molecule has 0 saturated carbocycles. The fraction of sp³-hybridized carbons (Fsp3) is 0.194. The summed E-state index contributed by atoms with van der Waals surface area (Å²) in [4.78, 5) is 33.8. The maximum atomic E-state index is 14.4. The van der Waals surface area contributed by atoms with Crippen molar-refractivity contribution in [1.29, 1.82) is 0 Å². The first-order valence-electron chi connectivity index (χ1n) is 13.2. The number of carbonyl (C=O) groups excluding carboxylic acids is 1. The summed E-state index contributed by atoms with van der Waals surface area (Å²) in [5.74, 6) is -0.985. The number of fused-ring (bicyclic) bond motifs is 2. The van der Waals surface area contributed by atoms with Crippen LogP contribution in [0.5, 0.6) is 0 Å². The Hall–Kier alpha value is -5.12. The number of nitrogen functional groups attached to an aromatic ring is 1. The predicted molar refractivity (Wildman–Crippen MR) is 153 cm³/mol. The Bertz CT molecular complexity index is 1830. The molecule has 3 heterocycles. The van der Waals surface area contributed by atoms with Gasteiger partial charge >= 0.3 is 5.97 Å². The van der Waals surface area contributed by atoms with Gasteiger partial charge in [0.25, 0.3) is 0 Å². The summed E-state index contributed by atoms with van der Waals surface area (Å²) in [5, 5.41) is 17.5. The molecule has 10 heteroatoms. The number of anilines is 2. The molecule has 0 spiro atoms. The molecule has 206 valence electrons. The largest absolute Gasteiger partial charge is 0.481 e. The Kier molecular flexibility index (Phi) is 6.25. The van der Waals surface area contributed by atoms with Crippen LogP contribution >= 0.6 is 0 Å². The van der Waals surface area contributed by atoms with Crippen molar-refractivity contribution in [1.82, 2.24) is 19.7 Å². The summed E-state index contributed by atoms with van der Waals surface area (Å²) in [7, 11) is 0. The molecular weight excluding hydrogens is 523 g/mol. The van der Waals surface area contributed by atoms with Gasteiger partial charge in [-0.15, -0.1) is 0 Å². The van der Waals surface area contributed by atoms with Crippen molar-refractivity contribution in [3.63, 3.8) is 0 Å². The van der Waals surface area contributed by atoms with E-state index in [9.17, 15) is 14.0 Å². The Morgan fingerprint density at radius 2 is 1.78 bits per heavy atom. The lowest BCUT2D eigenvalue weighted by atomic mass is 9.77. The number of carbonyl (C=O) groups is 2. The lowest BCUT2D eigenvalue weighted by molar-refractivity contribution is -0.137. The third kappa shape index (κ3) is 4.37. The van der Waals surface area contributed by atoms with E-state index in [0.29, 0.717) is 28.2 Å². The van der Waals surface area contributed by atoms with E-state index in [1.54, 1.807) is 29.8 Å². The Labute approximate surface area is 234 Å². The number of aliphatic carboxylic acids is 1. The van der Waals surface area contributed by atoms with Crippen LogP contribution in [-0.2, 0) is 21.5 Å². The van der Waals surface area contributed by atoms with Crippen molar-refractivity contribution in [2.75, 3.05) is 11.1 Å². The van der Waals surface area contributed by atoms with Gasteiger partial charge in [-0.1, -0.05) is 67.6 Å². The molecule has 0 bridgehead atoms. The van der Waals surface area contributed by atoms with Crippen LogP contribution in [0, 0.1) is 5.82 Å². The number of nitrogens with zero attached hydrogens (tertiary/aromatic N) is 4. The maximum Gasteiger partial charge on any atom is 0.303 e. The number of rotatable bonds is 7. The number of halogens is 1. The second-order valence-corrected chi connectivity index (χ2v) is 10.5. The summed E-state index contributed by atoms with van der Waals surface area (Å²) in [6, 6.07) is 21.4. The number of benzene rings is 3. The molecule has 0 aliphatic carbocycles. The van der Waals surface area contributed by atoms with Crippen molar-refractivity contribution in [2.45, 2.75) is 38.1 Å². The number of amides is 1. The summed E-state index contributed by atoms with van der Waals surface area (Å²) in [6.07, 6.45) is 0.00817. The molecular formula is C31H27FN6O3. The van der Waals surface area contributed by atoms with Gasteiger partial charge < -0.3 is 16.2 Å². The monoisotopic (exact) mass is 550 g/mol. The number of nitrogens with two attached hydrogens (primary N) is 1. The van der Waals surface area contributed by atoms with Crippen LogP contribution in [0.15, 0.2) is 72.8 Å². The molecule has 1 aliphatic heterocycles. The molecule has 5 aromatic rings. The molecule has 9 nitrogen and oxygen atoms in total. The highest BCUT2D eigenvalue weighted by atomic mass is 19.1. The van der Waals surface area contributed by atoms with Crippen LogP contribution < -0.4 is 11.1 Å². The van der Waals surface area contributed by atoms with E-state index in [1.165, 1.54) is 6.07 Å². The third-order valence-electron chi connectivity index (χ3n) is 7.81. The van der Waals surface area contributed by atoms with Gasteiger partial charge in [0.2, 0.25) is 5.91 Å². The maximum absolute atomic E-state index is 14.4. The number of carboxylic acid groups (broad SMARTS) is 1. The molecule has 6 rings (SSSR count). The number of aromatic nitrogens is 4. The molecule has 0 saturated heterocycles. The molecule has 0 fully saturated rings. The molecule has 1 unspecified atom stereocenters. The first-order valence-corrected chi connectivity index (χ1v) is 13.2. The van der Waals surface area contributed by atoms with Crippen LogP contribution in [0.3, 0.4) is 0 Å². The molecule has 2 atom stereocenters. The Morgan fingerprint density at radius 1 is 1.07 bits per heavy atom. The third-order valence-corrected chi connectivity index (χ3v) is 7.81. The lowest BCUT2D eigenvalue weighted by Crippen LogP contribution is -2.33. The average Bonchev–Trinajstić information content (AvgIpc) is 3.44. The summed E-state index contributed by atoms with van der Waals surface area (Å²) >= 11 is 0. The van der Waals surface area contributed by atoms with Crippen molar-refractivity contribution in [2.24, 2.45) is 0 Å². The summed E-state index contributed by atoms with van der Waals surface area (Å²) in [5.41, 5.74) is 9.11. The number of hydrogen-bond acceptors (Lipinski definition) is 6. The minimum Gasteiger partial charge on any atom is -0.481 e. The standard InChI is InChI=1S/C31H27FN6O3/c1-17(15-24(39)40)18-11-13-20(14-12-18)31(2)25-27(33)34-29(35-28(25)36-30(31)41)26-21-8-4-6-10-23(21)38(37-26)16-19-7-3-5-9-22(19)32/h3-14,17H,15-16H2,1-2H3,(H,39,40)(H3,33,34,35,36,41)/t17?,31-/m0/s1. The van der Waals surface area contributed by atoms with Gasteiger partial charge in [-0.05, 0) is 36.1 Å². The Balaban J connectivity index is 1.40. The van der Waals surface area contributed by atoms with Crippen LogP contribution in [-0.4, -0.2) is 36.7 Å². The second-order valence-electron chi connectivity index (χ2n) is 10.5. The molecule has 0 radical (unpaired) electrons. The van der Waals surface area contributed by atoms with E-state index in [4.69, 9.17) is 15.9 Å². The van der Waals surface area contributed by atoms with Crippen molar-refractivity contribution in [3.8, 4) is 11.5 Å². The molecule has 4 N–H and O–H groups in total. The number of carboxylic acids is 1.